The van der Waals surface area contributed by atoms with E-state index in [1.807, 2.05) is 61.6 Å². The van der Waals surface area contributed by atoms with Crippen molar-refractivity contribution in [2.24, 2.45) is 12.0 Å². The van der Waals surface area contributed by atoms with E-state index in [0.29, 0.717) is 38.7 Å². The number of urea groups is 1. The van der Waals surface area contributed by atoms with Crippen LogP contribution in [0.2, 0.25) is 0 Å². The van der Waals surface area contributed by atoms with Crippen LogP contribution in [0.1, 0.15) is 19.4 Å². The molecule has 0 radical (unpaired) electrons. The number of carbonyl (C=O) groups is 1. The maximum absolute atomic E-state index is 13.0. The number of anilines is 3. The number of hydrogen-bond acceptors (Lipinski definition) is 8. The molecule has 1 aromatic carbocycles. The van der Waals surface area contributed by atoms with Gasteiger partial charge >= 0.3 is 6.03 Å². The lowest BCUT2D eigenvalue weighted by atomic mass is 10.1. The van der Waals surface area contributed by atoms with E-state index in [9.17, 15) is 4.79 Å². The van der Waals surface area contributed by atoms with Crippen LogP contribution in [0, 0.1) is 0 Å². The molecule has 3 aromatic heterocycles. The average Bonchev–Trinajstić information content (AvgIpc) is 3.55. The Labute approximate surface area is 212 Å². The molecule has 10 nitrogen and oxygen atoms in total. The van der Waals surface area contributed by atoms with Crippen LogP contribution in [0.3, 0.4) is 0 Å². The number of hydrogen-bond donors (Lipinski definition) is 2. The fraction of sp³-hybridized carbons (Fsp3) is 0.360. The molecular weight excluding hydrogens is 476 g/mol. The van der Waals surface area contributed by atoms with Crippen molar-refractivity contribution in [2.45, 2.75) is 19.4 Å². The highest BCUT2D eigenvalue weighted by atomic mass is 32.1. The zero-order valence-corrected chi connectivity index (χ0v) is 21.3. The predicted molar refractivity (Wildman–Crippen MR) is 144 cm³/mol. The zero-order valence-electron chi connectivity index (χ0n) is 20.5. The summed E-state index contributed by atoms with van der Waals surface area (Å²) in [5, 5.41) is 7.05. The van der Waals surface area contributed by atoms with Gasteiger partial charge in [0.1, 0.15) is 17.3 Å². The van der Waals surface area contributed by atoms with E-state index in [1.54, 1.807) is 0 Å². The molecule has 3 N–H and O–H groups in total. The molecule has 5 heterocycles. The number of benzene rings is 1. The van der Waals surface area contributed by atoms with Gasteiger partial charge in [0.05, 0.1) is 16.5 Å². The van der Waals surface area contributed by atoms with Crippen LogP contribution in [0.5, 0.6) is 0 Å². The van der Waals surface area contributed by atoms with Gasteiger partial charge in [-0.2, -0.15) is 4.98 Å². The summed E-state index contributed by atoms with van der Waals surface area (Å²) in [7, 11) is 2.01. The molecule has 0 unspecified atom stereocenters. The summed E-state index contributed by atoms with van der Waals surface area (Å²) in [4.78, 5) is 31.6. The molecule has 1 fully saturated rings. The van der Waals surface area contributed by atoms with Crippen LogP contribution in [0.4, 0.5) is 22.2 Å². The lowest BCUT2D eigenvalue weighted by Gasteiger charge is -2.35. The normalized spacial score (nSPS) is 17.5. The molecule has 2 amide bonds. The second-order valence-electron chi connectivity index (χ2n) is 9.86. The molecule has 2 aliphatic rings. The van der Waals surface area contributed by atoms with Gasteiger partial charge in [0.15, 0.2) is 0 Å². The van der Waals surface area contributed by atoms with E-state index in [2.05, 4.69) is 24.8 Å². The number of amides is 2. The lowest BCUT2D eigenvalue weighted by Crippen LogP contribution is -2.50. The third-order valence-electron chi connectivity index (χ3n) is 6.63. The van der Waals surface area contributed by atoms with Gasteiger partial charge in [0.25, 0.3) is 0 Å². The van der Waals surface area contributed by atoms with Gasteiger partial charge in [0, 0.05) is 61.4 Å². The standard InChI is InChI=1S/C25H28N8O2S/c1-25(2)14-35-21(30-25)17-13-36-22-19(17)20(28-23(26)29-22)32-8-10-33(11-9-32)24(34)27-16-4-5-18-15(12-16)6-7-31(18)3/h4-7,12-13H,8-11,14H2,1-3H3,(H,27,34)(H2,26,28,29). The molecule has 0 spiro atoms. The van der Waals surface area contributed by atoms with Crippen molar-refractivity contribution in [1.29, 1.82) is 0 Å². The number of ether oxygens (including phenoxy) is 1. The topological polar surface area (TPSA) is 114 Å². The molecule has 4 aromatic rings. The summed E-state index contributed by atoms with van der Waals surface area (Å²) in [6.45, 7) is 7.02. The number of nitrogens with one attached hydrogen (secondary N) is 1. The molecule has 0 aliphatic carbocycles. The number of aryl methyl sites for hydroxylation is 1. The second-order valence-corrected chi connectivity index (χ2v) is 10.7. The highest BCUT2D eigenvalue weighted by Crippen LogP contribution is 2.35. The smallest absolute Gasteiger partial charge is 0.321 e. The number of piperazine rings is 1. The van der Waals surface area contributed by atoms with Crippen molar-refractivity contribution in [3.8, 4) is 0 Å². The van der Waals surface area contributed by atoms with Crippen LogP contribution in [0.25, 0.3) is 21.1 Å². The number of nitrogens with two attached hydrogens (primary N) is 1. The number of nitrogens with zero attached hydrogens (tertiary/aromatic N) is 6. The van der Waals surface area contributed by atoms with Gasteiger partial charge in [-0.25, -0.2) is 14.8 Å². The highest BCUT2D eigenvalue weighted by molar-refractivity contribution is 7.17. The minimum Gasteiger partial charge on any atom is -0.475 e. The molecule has 11 heteroatoms. The van der Waals surface area contributed by atoms with Crippen molar-refractivity contribution in [2.75, 3.05) is 48.7 Å². The van der Waals surface area contributed by atoms with E-state index in [4.69, 9.17) is 15.5 Å². The number of thiophene rings is 1. The molecular formula is C25H28N8O2S. The van der Waals surface area contributed by atoms with Crippen molar-refractivity contribution in [1.82, 2.24) is 19.4 Å². The first kappa shape index (κ1) is 22.6. The summed E-state index contributed by atoms with van der Waals surface area (Å²) >= 11 is 1.51. The minimum atomic E-state index is -0.261. The second kappa shape index (κ2) is 8.37. The quantitative estimate of drug-likeness (QED) is 0.440. The Morgan fingerprint density at radius 1 is 1.17 bits per heavy atom. The molecule has 6 rings (SSSR count). The molecule has 1 saturated heterocycles. The van der Waals surface area contributed by atoms with E-state index in [0.717, 1.165) is 38.2 Å². The summed E-state index contributed by atoms with van der Waals surface area (Å²) in [6.07, 6.45) is 2.01. The van der Waals surface area contributed by atoms with Crippen LogP contribution >= 0.6 is 11.3 Å². The van der Waals surface area contributed by atoms with Crippen molar-refractivity contribution >= 4 is 61.8 Å². The Balaban J connectivity index is 1.20. The van der Waals surface area contributed by atoms with Gasteiger partial charge < -0.3 is 30.2 Å². The summed E-state index contributed by atoms with van der Waals surface area (Å²) in [6, 6.07) is 7.89. The van der Waals surface area contributed by atoms with Crippen molar-refractivity contribution in [3.63, 3.8) is 0 Å². The summed E-state index contributed by atoms with van der Waals surface area (Å²) < 4.78 is 7.97. The Kier molecular flexibility index (Phi) is 5.25. The number of carbonyl (C=O) groups excluding carboxylic acids is 1. The Morgan fingerprint density at radius 2 is 1.97 bits per heavy atom. The zero-order chi connectivity index (χ0) is 25.0. The first-order valence-corrected chi connectivity index (χ1v) is 12.8. The number of aromatic nitrogens is 3. The van der Waals surface area contributed by atoms with Gasteiger partial charge in [0.2, 0.25) is 11.8 Å². The predicted octanol–water partition coefficient (Wildman–Crippen LogP) is 3.67. The molecule has 0 atom stereocenters. The molecule has 186 valence electrons. The third kappa shape index (κ3) is 3.98. The number of nitrogen functional groups attached to an aromatic ring is 1. The Morgan fingerprint density at radius 3 is 2.72 bits per heavy atom. The van der Waals surface area contributed by atoms with Crippen LogP contribution < -0.4 is 16.0 Å². The van der Waals surface area contributed by atoms with Crippen molar-refractivity contribution in [3.05, 3.63) is 41.4 Å². The third-order valence-corrected chi connectivity index (χ3v) is 7.50. The number of aliphatic imine (C=N–C) groups is 1. The minimum absolute atomic E-state index is 0.107. The first-order valence-electron chi connectivity index (χ1n) is 11.9. The fourth-order valence-electron chi connectivity index (χ4n) is 4.73. The Bertz CT molecular complexity index is 1510. The number of rotatable bonds is 3. The fourth-order valence-corrected chi connectivity index (χ4v) is 5.64. The summed E-state index contributed by atoms with van der Waals surface area (Å²) in [5.41, 5.74) is 8.61. The van der Waals surface area contributed by atoms with Gasteiger partial charge in [-0.3, -0.25) is 0 Å². The maximum atomic E-state index is 13.0. The van der Waals surface area contributed by atoms with Gasteiger partial charge in [-0.05, 0) is 38.1 Å². The van der Waals surface area contributed by atoms with Crippen molar-refractivity contribution < 1.29 is 9.53 Å². The summed E-state index contributed by atoms with van der Waals surface area (Å²) in [5.74, 6) is 1.62. The van der Waals surface area contributed by atoms with E-state index >= 15 is 0 Å². The molecule has 0 bridgehead atoms. The molecule has 0 saturated carbocycles. The number of fused-ring (bicyclic) bond motifs is 2. The van der Waals surface area contributed by atoms with Crippen LogP contribution in [-0.2, 0) is 11.8 Å². The molecule has 36 heavy (non-hydrogen) atoms. The van der Waals surface area contributed by atoms with Crippen LogP contribution in [0.15, 0.2) is 40.8 Å². The first-order chi connectivity index (χ1) is 17.3. The van der Waals surface area contributed by atoms with Gasteiger partial charge in [-0.15, -0.1) is 11.3 Å². The largest absolute Gasteiger partial charge is 0.475 e. The van der Waals surface area contributed by atoms with E-state index in [-0.39, 0.29) is 17.5 Å². The monoisotopic (exact) mass is 504 g/mol. The average molecular weight is 505 g/mol. The van der Waals surface area contributed by atoms with E-state index < -0.39 is 0 Å². The lowest BCUT2D eigenvalue weighted by molar-refractivity contribution is 0.208. The van der Waals surface area contributed by atoms with Gasteiger partial charge in [-0.1, -0.05) is 0 Å². The highest BCUT2D eigenvalue weighted by Gasteiger charge is 2.31. The molecule has 2 aliphatic heterocycles. The van der Waals surface area contributed by atoms with Crippen LogP contribution in [-0.4, -0.2) is 69.7 Å². The maximum Gasteiger partial charge on any atom is 0.321 e. The van der Waals surface area contributed by atoms with E-state index in [1.165, 1.54) is 11.3 Å². The Hall–Kier alpha value is -3.86. The SMILES string of the molecule is Cn1ccc2cc(NC(=O)N3CCN(c4nc(N)nc5scc(C6=NC(C)(C)CO6)c45)CC3)ccc21.